The minimum Gasteiger partial charge on any atom is -0.494 e. The summed E-state index contributed by atoms with van der Waals surface area (Å²) in [5.41, 5.74) is 17.6. The van der Waals surface area contributed by atoms with Crippen molar-refractivity contribution in [3.63, 3.8) is 0 Å². The summed E-state index contributed by atoms with van der Waals surface area (Å²) in [5.74, 6) is 1.69. The molecule has 0 aliphatic heterocycles. The predicted octanol–water partition coefficient (Wildman–Crippen LogP) is 20.3. The Morgan fingerprint density at radius 3 is 0.713 bits per heavy atom. The van der Waals surface area contributed by atoms with Gasteiger partial charge in [0.15, 0.2) is 0 Å². The largest absolute Gasteiger partial charge is 0.494 e. The van der Waals surface area contributed by atoms with Gasteiger partial charge in [0.2, 0.25) is 0 Å². The molecule has 1 heterocycles. The molecule has 454 valence electrons. The lowest BCUT2D eigenvalue weighted by atomic mass is 9.64. The van der Waals surface area contributed by atoms with Crippen LogP contribution in [0.3, 0.4) is 0 Å². The van der Waals surface area contributed by atoms with Gasteiger partial charge in [-0.15, -0.1) is 5.10 Å². The first-order valence-corrected chi connectivity index (χ1v) is 31.9. The van der Waals surface area contributed by atoms with E-state index in [2.05, 4.69) is 335 Å². The van der Waals surface area contributed by atoms with Crippen LogP contribution in [-0.4, -0.2) is 28.2 Å². The molecule has 5 heteroatoms. The lowest BCUT2D eigenvalue weighted by Gasteiger charge is -2.38. The number of rotatable bonds is 18. The van der Waals surface area contributed by atoms with Crippen molar-refractivity contribution in [1.29, 1.82) is 0 Å². The van der Waals surface area contributed by atoms with Gasteiger partial charge in [0.1, 0.15) is 11.5 Å². The summed E-state index contributed by atoms with van der Waals surface area (Å²) in [6.07, 6.45) is 4.45. The van der Waals surface area contributed by atoms with Gasteiger partial charge in [-0.1, -0.05) is 300 Å². The highest BCUT2D eigenvalue weighted by atomic mass is 16.5. The first kappa shape index (κ1) is 64.0. The van der Waals surface area contributed by atoms with Crippen molar-refractivity contribution >= 4 is 0 Å². The fourth-order valence-electron chi connectivity index (χ4n) is 12.3. The van der Waals surface area contributed by atoms with E-state index in [1.54, 1.807) is 0 Å². The van der Waals surface area contributed by atoms with E-state index in [-0.39, 0.29) is 32.5 Å². The zero-order chi connectivity index (χ0) is 62.8. The van der Waals surface area contributed by atoms with Crippen molar-refractivity contribution in [2.75, 3.05) is 13.2 Å². The number of ether oxygens (including phenoxy) is 2. The molecule has 5 nitrogen and oxygen atoms in total. The molecule has 1 aromatic heterocycles. The Labute approximate surface area is 524 Å². The van der Waals surface area contributed by atoms with Crippen molar-refractivity contribution in [3.05, 3.63) is 284 Å². The quantitative estimate of drug-likeness (QED) is 0.0635. The van der Waals surface area contributed by atoms with Crippen molar-refractivity contribution < 1.29 is 9.47 Å². The van der Waals surface area contributed by atoms with Crippen LogP contribution in [0.4, 0.5) is 0 Å². The maximum Gasteiger partial charge on any atom is 0.119 e. The molecule has 0 spiro atoms. The fraction of sp³-hybridized carbons (Fsp3) is 0.390. The molecule has 0 N–H and O–H groups in total. The number of hydrogen-bond acceptors (Lipinski definition) is 4. The Balaban J connectivity index is 0.873. The Kier molecular flexibility index (Phi) is 18.3. The fourth-order valence-corrected chi connectivity index (χ4v) is 12.3. The van der Waals surface area contributed by atoms with Gasteiger partial charge in [0.25, 0.3) is 0 Å². The molecule has 0 radical (unpaired) electrons. The first-order chi connectivity index (χ1) is 40.9. The van der Waals surface area contributed by atoms with Gasteiger partial charge in [-0.2, -0.15) is 0 Å². The lowest BCUT2D eigenvalue weighted by Crippen LogP contribution is -2.31. The maximum absolute atomic E-state index is 6.47. The average molecular weight is 1160 g/mol. The number of benzene rings is 8. The molecule has 0 fully saturated rings. The van der Waals surface area contributed by atoms with Crippen molar-refractivity contribution in [2.45, 2.75) is 194 Å². The second kappa shape index (κ2) is 24.9. The average Bonchev–Trinajstić information content (AvgIpc) is 1.20. The summed E-state index contributed by atoms with van der Waals surface area (Å²) in [6.45, 7) is 42.9. The molecule has 87 heavy (non-hydrogen) atoms. The number of aryl methyl sites for hydroxylation is 2. The van der Waals surface area contributed by atoms with E-state index in [1.165, 1.54) is 77.9 Å². The summed E-state index contributed by atoms with van der Waals surface area (Å²) in [7, 11) is 0. The van der Waals surface area contributed by atoms with Crippen LogP contribution in [-0.2, 0) is 56.3 Å². The van der Waals surface area contributed by atoms with Gasteiger partial charge in [-0.25, -0.2) is 0 Å². The Bertz CT molecular complexity index is 3130. The molecular formula is C82H99N3O2. The van der Waals surface area contributed by atoms with Crippen LogP contribution in [0, 0.1) is 0 Å². The van der Waals surface area contributed by atoms with Crippen LogP contribution >= 0.6 is 0 Å². The van der Waals surface area contributed by atoms with Crippen molar-refractivity contribution in [1.82, 2.24) is 15.0 Å². The zero-order valence-electron chi connectivity index (χ0n) is 56.0. The van der Waals surface area contributed by atoms with Gasteiger partial charge < -0.3 is 9.47 Å². The Morgan fingerprint density at radius 2 is 0.483 bits per heavy atom. The Hall–Kier alpha value is -7.50. The smallest absolute Gasteiger partial charge is 0.119 e. The molecule has 9 rings (SSSR count). The summed E-state index contributed by atoms with van der Waals surface area (Å²) >= 11 is 0. The highest BCUT2D eigenvalue weighted by Crippen LogP contribution is 2.49. The predicted molar refractivity (Wildman–Crippen MR) is 366 cm³/mol. The van der Waals surface area contributed by atoms with E-state index in [9.17, 15) is 0 Å². The highest BCUT2D eigenvalue weighted by Gasteiger charge is 2.41. The molecule has 0 aliphatic carbocycles. The van der Waals surface area contributed by atoms with E-state index in [4.69, 9.17) is 9.47 Å². The molecule has 0 unspecified atom stereocenters. The van der Waals surface area contributed by atoms with Crippen LogP contribution in [0.1, 0.15) is 221 Å². The standard InChI is InChI=1S/C82H99N3O2/c1-75(2,3)58-22-34-64(35-23-58)81(65-36-24-59(25-37-65)76(4,5)6,66-38-26-60(27-39-66)77(7,8)9)70-46-50-73(51-47-70)86-55-19-21-72-57-85(84-83-72)54-20-56-87-74-52-48-71(49-53-74)82(67-40-28-61(29-41-67)78(10,11)12,68-42-30-62(31-43-68)79(13,14)15)69-44-32-63(33-45-69)80(16,17)18/h22-53,57H,19-21,54-56H2,1-18H3. The minimum absolute atomic E-state index is 0.0325. The third-order valence-corrected chi connectivity index (χ3v) is 17.9. The molecule has 0 amide bonds. The SMILES string of the molecule is CC(C)(C)c1ccc(C(c2ccc(OCCCc3cn(CCCOc4ccc(C(c5ccc(C(C)(C)C)cc5)(c5ccc(C(C)(C)C)cc5)c5ccc(C(C)(C)C)cc5)cc4)nn3)cc2)(c2ccc(C(C)(C)C)cc2)c2ccc(C(C)(C)C)cc2)cc1. The molecule has 0 saturated heterocycles. The second-order valence-corrected chi connectivity index (χ2v) is 30.6. The first-order valence-electron chi connectivity index (χ1n) is 31.9. The van der Waals surface area contributed by atoms with Gasteiger partial charge in [0.05, 0.1) is 29.7 Å². The highest BCUT2D eigenvalue weighted by molar-refractivity contribution is 5.63. The van der Waals surface area contributed by atoms with Crippen LogP contribution in [0.15, 0.2) is 200 Å². The van der Waals surface area contributed by atoms with Gasteiger partial charge >= 0.3 is 0 Å². The van der Waals surface area contributed by atoms with Crippen LogP contribution < -0.4 is 9.47 Å². The van der Waals surface area contributed by atoms with Crippen LogP contribution in [0.2, 0.25) is 0 Å². The third kappa shape index (κ3) is 14.3. The van der Waals surface area contributed by atoms with Gasteiger partial charge in [-0.3, -0.25) is 4.68 Å². The Morgan fingerprint density at radius 1 is 0.276 bits per heavy atom. The zero-order valence-corrected chi connectivity index (χ0v) is 56.0. The van der Waals surface area contributed by atoms with Crippen molar-refractivity contribution in [2.24, 2.45) is 0 Å². The summed E-state index contributed by atoms with van der Waals surface area (Å²) in [5, 5.41) is 9.06. The van der Waals surface area contributed by atoms with E-state index < -0.39 is 10.8 Å². The van der Waals surface area contributed by atoms with Gasteiger partial charge in [0, 0.05) is 19.2 Å². The number of hydrogen-bond donors (Lipinski definition) is 0. The third-order valence-electron chi connectivity index (χ3n) is 17.9. The van der Waals surface area contributed by atoms with E-state index >= 15 is 0 Å². The van der Waals surface area contributed by atoms with E-state index in [1.807, 2.05) is 4.68 Å². The minimum atomic E-state index is -0.585. The molecule has 9 aromatic rings. The lowest BCUT2D eigenvalue weighted by molar-refractivity contribution is 0.298. The molecule has 0 saturated carbocycles. The molecule has 0 atom stereocenters. The monoisotopic (exact) mass is 1160 g/mol. The molecule has 0 bridgehead atoms. The maximum atomic E-state index is 6.47. The molecule has 0 aliphatic rings. The van der Waals surface area contributed by atoms with Gasteiger partial charge in [-0.05, 0) is 147 Å². The molecular weight excluding hydrogens is 1060 g/mol. The number of nitrogens with zero attached hydrogens (tertiary/aromatic N) is 3. The summed E-state index contributed by atoms with van der Waals surface area (Å²) in [4.78, 5) is 0. The molecule has 8 aromatic carbocycles. The van der Waals surface area contributed by atoms with Crippen LogP contribution in [0.5, 0.6) is 11.5 Å². The topological polar surface area (TPSA) is 49.2 Å². The summed E-state index contributed by atoms with van der Waals surface area (Å²) in [6, 6.07) is 73.7. The van der Waals surface area contributed by atoms with E-state index in [0.29, 0.717) is 19.8 Å². The normalized spacial score (nSPS) is 13.0. The van der Waals surface area contributed by atoms with Crippen LogP contribution in [0.25, 0.3) is 0 Å². The second-order valence-electron chi connectivity index (χ2n) is 30.6. The van der Waals surface area contributed by atoms with Crippen molar-refractivity contribution in [3.8, 4) is 11.5 Å². The summed E-state index contributed by atoms with van der Waals surface area (Å²) < 4.78 is 14.9. The number of aromatic nitrogens is 3. The van der Waals surface area contributed by atoms with E-state index in [0.717, 1.165) is 36.5 Å².